The van der Waals surface area contributed by atoms with E-state index in [0.29, 0.717) is 52.5 Å². The van der Waals surface area contributed by atoms with E-state index in [1.165, 1.54) is 22.5 Å². The number of urea groups is 1. The molecule has 0 aliphatic carbocycles. The predicted octanol–water partition coefficient (Wildman–Crippen LogP) is 7.06. The number of carbonyl (C=O) groups excluding carboxylic acids is 3. The van der Waals surface area contributed by atoms with Crippen LogP contribution in [-0.4, -0.2) is 59.1 Å². The minimum absolute atomic E-state index is 0.0160. The van der Waals surface area contributed by atoms with Crippen LogP contribution in [0, 0.1) is 18.3 Å². The molecule has 4 aromatic rings. The minimum atomic E-state index is -0.765. The second-order valence-corrected chi connectivity index (χ2v) is 14.0. The molecular formula is C38H40N6O4S. The van der Waals surface area contributed by atoms with Crippen molar-refractivity contribution >= 4 is 56.5 Å². The number of piperidine rings is 1. The number of aromatic nitrogens is 1. The van der Waals surface area contributed by atoms with E-state index < -0.39 is 5.60 Å². The fraction of sp³-hybridized carbons (Fsp3) is 0.342. The second kappa shape index (κ2) is 14.2. The Bertz CT molecular complexity index is 1980. The molecule has 6 rings (SSSR count). The molecule has 49 heavy (non-hydrogen) atoms. The number of aryl methyl sites for hydroxylation is 3. The smallest absolute Gasteiger partial charge is 0.331 e. The van der Waals surface area contributed by atoms with Crippen LogP contribution >= 0.6 is 11.3 Å². The van der Waals surface area contributed by atoms with Gasteiger partial charge in [0.25, 0.3) is 11.8 Å². The number of nitriles is 1. The lowest BCUT2D eigenvalue weighted by atomic mass is 10.0. The Morgan fingerprint density at radius 3 is 2.65 bits per heavy atom. The third-order valence-corrected chi connectivity index (χ3v) is 10.00. The standard InChI is InChI=1S/C38H40N6O4S/c1-5-48-38(3,4)21-27(22-39)36(46)43-19-9-12-28(23-43)41-34(45)33-32-31-30(17-18-40-35(31)49-33)44(37(47)42-32)29-16-15-26(20-24(29)2)14-13-25-10-7-6-8-11-25/h6-8,10-11,15-18,20-21,28H,5,9,12-14,19,23H2,1-4H3,(H,41,45)(H,42,47)/b27-21+/t28-/m1/s1. The Labute approximate surface area is 290 Å². The Balaban J connectivity index is 1.20. The molecule has 0 spiro atoms. The molecule has 2 aliphatic rings. The number of amides is 4. The normalized spacial score (nSPS) is 16.3. The lowest BCUT2D eigenvalue weighted by molar-refractivity contribution is -0.128. The van der Waals surface area contributed by atoms with E-state index >= 15 is 0 Å². The zero-order chi connectivity index (χ0) is 34.7. The van der Waals surface area contributed by atoms with Gasteiger partial charge in [-0.3, -0.25) is 14.5 Å². The number of benzene rings is 2. The maximum atomic E-state index is 13.8. The summed E-state index contributed by atoms with van der Waals surface area (Å²) >= 11 is 1.23. The summed E-state index contributed by atoms with van der Waals surface area (Å²) in [5.41, 5.74) is 4.56. The van der Waals surface area contributed by atoms with E-state index in [9.17, 15) is 19.6 Å². The molecule has 1 atom stereocenters. The molecule has 2 N–H and O–H groups in total. The highest BCUT2D eigenvalue weighted by molar-refractivity contribution is 7.21. The van der Waals surface area contributed by atoms with E-state index in [1.807, 2.05) is 44.2 Å². The summed E-state index contributed by atoms with van der Waals surface area (Å²) in [5.74, 6) is -0.726. The van der Waals surface area contributed by atoms with Crippen molar-refractivity contribution in [3.05, 3.63) is 94.0 Å². The predicted molar refractivity (Wildman–Crippen MR) is 192 cm³/mol. The van der Waals surface area contributed by atoms with Gasteiger partial charge in [0.15, 0.2) is 0 Å². The molecule has 10 nitrogen and oxygen atoms in total. The van der Waals surface area contributed by atoms with Crippen molar-refractivity contribution in [2.45, 2.75) is 65.0 Å². The second-order valence-electron chi connectivity index (χ2n) is 13.0. The van der Waals surface area contributed by atoms with Crippen molar-refractivity contribution in [3.8, 4) is 6.07 Å². The maximum Gasteiger partial charge on any atom is 0.331 e. The van der Waals surface area contributed by atoms with Crippen molar-refractivity contribution in [2.75, 3.05) is 29.9 Å². The van der Waals surface area contributed by atoms with Gasteiger partial charge in [-0.2, -0.15) is 5.26 Å². The largest absolute Gasteiger partial charge is 0.372 e. The van der Waals surface area contributed by atoms with Gasteiger partial charge in [-0.1, -0.05) is 42.5 Å². The average molecular weight is 677 g/mol. The van der Waals surface area contributed by atoms with Crippen molar-refractivity contribution in [1.82, 2.24) is 15.2 Å². The number of likely N-dealkylation sites (tertiary alicyclic amines) is 1. The first-order chi connectivity index (χ1) is 23.6. The number of anilines is 3. The van der Waals surface area contributed by atoms with Gasteiger partial charge in [0.2, 0.25) is 0 Å². The zero-order valence-electron chi connectivity index (χ0n) is 28.2. The SMILES string of the molecule is CCOC(C)(C)/C=C(\C#N)C(=O)N1CCC[C@@H](NC(=O)c2sc3nccc4c3c2NC(=O)N4c2ccc(CCc3ccccc3)cc2C)C1. The van der Waals surface area contributed by atoms with Crippen LogP contribution in [0.1, 0.15) is 60.0 Å². The van der Waals surface area contributed by atoms with Crippen molar-refractivity contribution in [1.29, 1.82) is 5.26 Å². The summed E-state index contributed by atoms with van der Waals surface area (Å²) in [4.78, 5) is 49.6. The Kier molecular flexibility index (Phi) is 9.81. The number of thiophene rings is 1. The summed E-state index contributed by atoms with van der Waals surface area (Å²) in [6.45, 7) is 8.68. The molecule has 2 aromatic heterocycles. The van der Waals surface area contributed by atoms with Crippen LogP contribution in [0.2, 0.25) is 0 Å². The molecular weight excluding hydrogens is 637 g/mol. The minimum Gasteiger partial charge on any atom is -0.372 e. The van der Waals surface area contributed by atoms with Crippen molar-refractivity contribution in [2.24, 2.45) is 0 Å². The van der Waals surface area contributed by atoms with E-state index in [1.54, 1.807) is 42.0 Å². The summed E-state index contributed by atoms with van der Waals surface area (Å²) in [5, 5.41) is 16.5. The van der Waals surface area contributed by atoms with Crippen LogP contribution in [0.15, 0.2) is 72.4 Å². The van der Waals surface area contributed by atoms with Crippen LogP contribution in [0.25, 0.3) is 10.2 Å². The Hall–Kier alpha value is -5.05. The number of ether oxygens (including phenoxy) is 1. The average Bonchev–Trinajstić information content (AvgIpc) is 3.46. The lowest BCUT2D eigenvalue weighted by Gasteiger charge is -2.33. The maximum absolute atomic E-state index is 13.8. The van der Waals surface area contributed by atoms with Gasteiger partial charge in [0.1, 0.15) is 21.3 Å². The molecule has 2 aromatic carbocycles. The van der Waals surface area contributed by atoms with Crippen LogP contribution in [0.3, 0.4) is 0 Å². The molecule has 0 saturated carbocycles. The first kappa shape index (κ1) is 33.8. The molecule has 4 heterocycles. The summed E-state index contributed by atoms with van der Waals surface area (Å²) in [7, 11) is 0. The summed E-state index contributed by atoms with van der Waals surface area (Å²) < 4.78 is 5.66. The van der Waals surface area contributed by atoms with Crippen molar-refractivity contribution in [3.63, 3.8) is 0 Å². The van der Waals surface area contributed by atoms with Crippen LogP contribution in [0.4, 0.5) is 21.9 Å². The van der Waals surface area contributed by atoms with Crippen molar-refractivity contribution < 1.29 is 19.1 Å². The van der Waals surface area contributed by atoms with Crippen LogP contribution in [0.5, 0.6) is 0 Å². The number of pyridine rings is 1. The van der Waals surface area contributed by atoms with Crippen LogP contribution in [-0.2, 0) is 22.4 Å². The highest BCUT2D eigenvalue weighted by Gasteiger charge is 2.35. The number of hydrogen-bond acceptors (Lipinski definition) is 7. The first-order valence-electron chi connectivity index (χ1n) is 16.6. The van der Waals surface area contributed by atoms with Gasteiger partial charge in [-0.25, -0.2) is 9.78 Å². The quantitative estimate of drug-likeness (QED) is 0.137. The summed E-state index contributed by atoms with van der Waals surface area (Å²) in [6, 6.07) is 19.7. The van der Waals surface area contributed by atoms with E-state index in [0.717, 1.165) is 24.1 Å². The molecule has 4 amide bonds. The van der Waals surface area contributed by atoms with E-state index in [-0.39, 0.29) is 36.0 Å². The molecule has 1 fully saturated rings. The van der Waals surface area contributed by atoms with Gasteiger partial charge in [0.05, 0.1) is 28.0 Å². The molecule has 0 radical (unpaired) electrons. The molecule has 2 aliphatic heterocycles. The van der Waals surface area contributed by atoms with Gasteiger partial charge >= 0.3 is 6.03 Å². The monoisotopic (exact) mass is 676 g/mol. The number of rotatable bonds is 10. The zero-order valence-corrected chi connectivity index (χ0v) is 29.0. The van der Waals surface area contributed by atoms with E-state index in [2.05, 4.69) is 39.9 Å². The number of nitrogens with one attached hydrogen (secondary N) is 2. The van der Waals surface area contributed by atoms with E-state index in [4.69, 9.17) is 4.74 Å². The van der Waals surface area contributed by atoms with Gasteiger partial charge in [-0.05, 0) is 88.3 Å². The molecule has 11 heteroatoms. The number of nitrogens with zero attached hydrogens (tertiary/aromatic N) is 4. The fourth-order valence-corrected chi connectivity index (χ4v) is 7.67. The topological polar surface area (TPSA) is 128 Å². The summed E-state index contributed by atoms with van der Waals surface area (Å²) in [6.07, 6.45) is 6.38. The Morgan fingerprint density at radius 1 is 1.14 bits per heavy atom. The number of carbonyl (C=O) groups is 3. The third kappa shape index (κ3) is 7.21. The molecule has 0 bridgehead atoms. The lowest BCUT2D eigenvalue weighted by Crippen LogP contribution is -2.50. The van der Waals surface area contributed by atoms with Gasteiger partial charge < -0.3 is 20.3 Å². The van der Waals surface area contributed by atoms with Gasteiger partial charge in [-0.15, -0.1) is 11.3 Å². The first-order valence-corrected chi connectivity index (χ1v) is 17.4. The van der Waals surface area contributed by atoms with Crippen LogP contribution < -0.4 is 15.5 Å². The molecule has 252 valence electrons. The third-order valence-electron chi connectivity index (χ3n) is 8.90. The van der Waals surface area contributed by atoms with Gasteiger partial charge in [0, 0.05) is 31.9 Å². The fourth-order valence-electron chi connectivity index (χ4n) is 6.64. The highest BCUT2D eigenvalue weighted by Crippen LogP contribution is 2.46. The molecule has 0 unspecified atom stereocenters. The molecule has 1 saturated heterocycles. The number of hydrogen-bond donors (Lipinski definition) is 2. The Morgan fingerprint density at radius 2 is 1.92 bits per heavy atom. The highest BCUT2D eigenvalue weighted by atomic mass is 32.1.